The van der Waals surface area contributed by atoms with Crippen LogP contribution in [0.4, 0.5) is 4.79 Å². The van der Waals surface area contributed by atoms with Gasteiger partial charge in [-0.1, -0.05) is 0 Å². The van der Waals surface area contributed by atoms with Gasteiger partial charge in [-0.05, 0) is 30.7 Å². The summed E-state index contributed by atoms with van der Waals surface area (Å²) in [6, 6.07) is 3.00. The molecule has 21 heavy (non-hydrogen) atoms. The third-order valence-corrected chi connectivity index (χ3v) is 4.59. The van der Waals surface area contributed by atoms with Crippen LogP contribution in [0.3, 0.4) is 0 Å². The molecule has 8 nitrogen and oxygen atoms in total. The summed E-state index contributed by atoms with van der Waals surface area (Å²) in [5, 5.41) is 4.34. The van der Waals surface area contributed by atoms with E-state index in [0.717, 1.165) is 0 Å². The molecule has 1 heterocycles. The Hall–Kier alpha value is -2.13. The number of rotatable bonds is 5. The smallest absolute Gasteiger partial charge is 0.322 e. The van der Waals surface area contributed by atoms with E-state index in [1.165, 1.54) is 19.2 Å². The Morgan fingerprint density at radius 2 is 2.05 bits per heavy atom. The van der Waals surface area contributed by atoms with Crippen molar-refractivity contribution in [2.75, 3.05) is 13.7 Å². The second kappa shape index (κ2) is 5.70. The lowest BCUT2D eigenvalue weighted by Crippen LogP contribution is -2.41. The van der Waals surface area contributed by atoms with Gasteiger partial charge in [-0.3, -0.25) is 10.1 Å². The number of methoxy groups -OCH3 is 1. The minimum absolute atomic E-state index is 0.0908. The first-order valence-electron chi connectivity index (χ1n) is 6.09. The van der Waals surface area contributed by atoms with Crippen LogP contribution in [0.2, 0.25) is 0 Å². The molecule has 0 aromatic heterocycles. The van der Waals surface area contributed by atoms with Gasteiger partial charge >= 0.3 is 6.03 Å². The van der Waals surface area contributed by atoms with E-state index in [1.54, 1.807) is 13.0 Å². The van der Waals surface area contributed by atoms with Crippen LogP contribution in [0.25, 0.3) is 0 Å². The van der Waals surface area contributed by atoms with Gasteiger partial charge in [-0.2, -0.15) is 0 Å². The van der Waals surface area contributed by atoms with Crippen molar-refractivity contribution in [3.05, 3.63) is 23.8 Å². The van der Waals surface area contributed by atoms with E-state index in [2.05, 4.69) is 10.0 Å². The number of aryl methyl sites for hydroxylation is 1. The fourth-order valence-corrected chi connectivity index (χ4v) is 3.20. The number of hydrogen-bond acceptors (Lipinski definition) is 5. The minimum atomic E-state index is -3.78. The number of imide groups is 1. The SMILES string of the molecule is COc1ccc(S(=O)(=O)NCC2NC(=O)NC2=O)c(C)c1. The number of ether oxygens (including phenoxy) is 1. The number of sulfonamides is 1. The van der Waals surface area contributed by atoms with Crippen LogP contribution < -0.4 is 20.1 Å². The molecule has 0 saturated carbocycles. The number of carbonyl (C=O) groups is 2. The highest BCUT2D eigenvalue weighted by Crippen LogP contribution is 2.20. The predicted octanol–water partition coefficient (Wildman–Crippen LogP) is -0.510. The summed E-state index contributed by atoms with van der Waals surface area (Å²) in [7, 11) is -2.29. The van der Waals surface area contributed by atoms with Gasteiger partial charge < -0.3 is 10.1 Å². The van der Waals surface area contributed by atoms with Crippen molar-refractivity contribution >= 4 is 22.0 Å². The van der Waals surface area contributed by atoms with Gasteiger partial charge in [0, 0.05) is 6.54 Å². The van der Waals surface area contributed by atoms with Crippen molar-refractivity contribution < 1.29 is 22.7 Å². The molecule has 1 aromatic rings. The second-order valence-corrected chi connectivity index (χ2v) is 6.23. The van der Waals surface area contributed by atoms with Crippen molar-refractivity contribution in [1.29, 1.82) is 0 Å². The molecule has 0 bridgehead atoms. The van der Waals surface area contributed by atoms with Crippen LogP contribution in [0.1, 0.15) is 5.56 Å². The summed E-state index contributed by atoms with van der Waals surface area (Å²) in [6.07, 6.45) is 0. The third kappa shape index (κ3) is 3.31. The highest BCUT2D eigenvalue weighted by atomic mass is 32.2. The second-order valence-electron chi connectivity index (χ2n) is 4.50. The number of urea groups is 1. The molecule has 1 aliphatic heterocycles. The molecule has 1 unspecified atom stereocenters. The first-order chi connectivity index (χ1) is 9.83. The summed E-state index contributed by atoms with van der Waals surface area (Å²) in [6.45, 7) is 1.42. The monoisotopic (exact) mass is 313 g/mol. The lowest BCUT2D eigenvalue weighted by atomic mass is 10.2. The van der Waals surface area contributed by atoms with E-state index in [1.807, 2.05) is 5.32 Å². The average molecular weight is 313 g/mol. The molecule has 3 N–H and O–H groups in total. The van der Waals surface area contributed by atoms with E-state index in [-0.39, 0.29) is 11.4 Å². The maximum atomic E-state index is 12.2. The zero-order valence-corrected chi connectivity index (χ0v) is 12.3. The van der Waals surface area contributed by atoms with Crippen LogP contribution in [0, 0.1) is 6.92 Å². The van der Waals surface area contributed by atoms with Gasteiger partial charge in [-0.25, -0.2) is 17.9 Å². The molecular formula is C12H15N3O5S. The maximum absolute atomic E-state index is 12.2. The van der Waals surface area contributed by atoms with Gasteiger partial charge in [0.2, 0.25) is 10.0 Å². The Morgan fingerprint density at radius 1 is 1.33 bits per heavy atom. The zero-order chi connectivity index (χ0) is 15.6. The number of hydrogen-bond donors (Lipinski definition) is 3. The lowest BCUT2D eigenvalue weighted by molar-refractivity contribution is -0.120. The molecule has 1 saturated heterocycles. The molecule has 3 amide bonds. The van der Waals surface area contributed by atoms with Crippen LogP contribution in [-0.4, -0.2) is 40.1 Å². The summed E-state index contributed by atoms with van der Waals surface area (Å²) in [4.78, 5) is 22.4. The van der Waals surface area contributed by atoms with Crippen LogP contribution in [0.15, 0.2) is 23.1 Å². The predicted molar refractivity (Wildman–Crippen MR) is 73.4 cm³/mol. The van der Waals surface area contributed by atoms with Gasteiger partial charge in [0.05, 0.1) is 12.0 Å². The van der Waals surface area contributed by atoms with Gasteiger partial charge in [-0.15, -0.1) is 0 Å². The highest BCUT2D eigenvalue weighted by molar-refractivity contribution is 7.89. The first-order valence-corrected chi connectivity index (χ1v) is 7.57. The Morgan fingerprint density at radius 3 is 2.57 bits per heavy atom. The Balaban J connectivity index is 2.12. The Labute approximate surface area is 121 Å². The zero-order valence-electron chi connectivity index (χ0n) is 11.5. The normalized spacial score (nSPS) is 18.3. The average Bonchev–Trinajstić information content (AvgIpc) is 2.74. The number of carbonyl (C=O) groups excluding carboxylic acids is 2. The minimum Gasteiger partial charge on any atom is -0.497 e. The molecule has 9 heteroatoms. The molecule has 0 radical (unpaired) electrons. The van der Waals surface area contributed by atoms with E-state index in [9.17, 15) is 18.0 Å². The summed E-state index contributed by atoms with van der Waals surface area (Å²) >= 11 is 0. The molecular weight excluding hydrogens is 298 g/mol. The van der Waals surface area contributed by atoms with Crippen molar-refractivity contribution in [3.8, 4) is 5.75 Å². The summed E-state index contributed by atoms with van der Waals surface area (Å²) in [5.74, 6) is -0.0111. The number of amides is 3. The highest BCUT2D eigenvalue weighted by Gasteiger charge is 2.30. The van der Waals surface area contributed by atoms with Crippen molar-refractivity contribution in [3.63, 3.8) is 0 Å². The molecule has 114 valence electrons. The number of benzene rings is 1. The van der Waals surface area contributed by atoms with Crippen LogP contribution in [-0.2, 0) is 14.8 Å². The molecule has 1 aromatic carbocycles. The van der Waals surface area contributed by atoms with Crippen LogP contribution >= 0.6 is 0 Å². The molecule has 1 aliphatic rings. The van der Waals surface area contributed by atoms with Crippen molar-refractivity contribution in [1.82, 2.24) is 15.4 Å². The van der Waals surface area contributed by atoms with Crippen LogP contribution in [0.5, 0.6) is 5.75 Å². The Bertz CT molecular complexity index is 686. The standard InChI is InChI=1S/C12H15N3O5S/c1-7-5-8(20-2)3-4-10(7)21(18,19)13-6-9-11(16)15-12(17)14-9/h3-5,9,13H,6H2,1-2H3,(H2,14,15,16,17). The van der Waals surface area contributed by atoms with E-state index >= 15 is 0 Å². The van der Waals surface area contributed by atoms with E-state index < -0.39 is 28.0 Å². The molecule has 0 spiro atoms. The quantitative estimate of drug-likeness (QED) is 0.634. The van der Waals surface area contributed by atoms with Gasteiger partial charge in [0.1, 0.15) is 11.8 Å². The lowest BCUT2D eigenvalue weighted by Gasteiger charge is -2.12. The Kier molecular flexibility index (Phi) is 4.14. The molecule has 1 fully saturated rings. The molecule has 2 rings (SSSR count). The molecule has 1 atom stereocenters. The third-order valence-electron chi connectivity index (χ3n) is 3.01. The van der Waals surface area contributed by atoms with E-state index in [0.29, 0.717) is 11.3 Å². The van der Waals surface area contributed by atoms with Gasteiger partial charge in [0.15, 0.2) is 0 Å². The fourth-order valence-electron chi connectivity index (χ4n) is 1.92. The van der Waals surface area contributed by atoms with Gasteiger partial charge in [0.25, 0.3) is 5.91 Å². The van der Waals surface area contributed by atoms with Crippen molar-refractivity contribution in [2.45, 2.75) is 17.9 Å². The topological polar surface area (TPSA) is 114 Å². The maximum Gasteiger partial charge on any atom is 0.322 e. The largest absolute Gasteiger partial charge is 0.497 e. The molecule has 0 aliphatic carbocycles. The summed E-state index contributed by atoms with van der Waals surface area (Å²) < 4.78 is 31.7. The first kappa shape index (κ1) is 15.3. The van der Waals surface area contributed by atoms with Crippen molar-refractivity contribution in [2.24, 2.45) is 0 Å². The van der Waals surface area contributed by atoms with E-state index in [4.69, 9.17) is 4.74 Å². The fraction of sp³-hybridized carbons (Fsp3) is 0.333. The number of nitrogens with one attached hydrogen (secondary N) is 3. The summed E-state index contributed by atoms with van der Waals surface area (Å²) in [5.41, 5.74) is 0.516.